The molecule has 0 heterocycles. The predicted molar refractivity (Wildman–Crippen MR) is 228 cm³/mol. The van der Waals surface area contributed by atoms with Crippen LogP contribution in [0, 0.1) is 11.8 Å². The normalized spacial score (nSPS) is 14.3. The molecule has 0 aromatic heterocycles. The van der Waals surface area contributed by atoms with E-state index < -0.39 is 66.8 Å². The molecule has 58 heavy (non-hydrogen) atoms. The first kappa shape index (κ1) is 50.6. The number of esters is 3. The molecule has 0 radical (unpaired) electrons. The number of carbonyl (C=O) groups is 4. The van der Waals surface area contributed by atoms with Gasteiger partial charge in [0.25, 0.3) is 0 Å². The standard InChI is InChI=1S/C45H71N2O10P/c1-8-11-13-15-20-24-40(49)56-42(33(4)5)45(58(52,53)54,43(34(6)7)57-41(50)25-21-16-14-12-9-2)47-38(44(51)46-31-30-39(48)55-10-3)32-35-26-28-37(29-27-35)36-22-18-17-19-23-36/h17-19,22-23,26-29,33-34,38,42-43,47H,8-16,20-21,24-25,30-32H2,1-7H3,(H,46,51)(H2,52,53,54). The van der Waals surface area contributed by atoms with Gasteiger partial charge in [0.2, 0.25) is 5.91 Å². The number of benzene rings is 2. The van der Waals surface area contributed by atoms with E-state index in [1.807, 2.05) is 54.6 Å². The van der Waals surface area contributed by atoms with E-state index in [0.29, 0.717) is 18.4 Å². The molecule has 0 bridgehead atoms. The van der Waals surface area contributed by atoms with Crippen molar-refractivity contribution in [2.24, 2.45) is 11.8 Å². The predicted octanol–water partition coefficient (Wildman–Crippen LogP) is 8.65. The Balaban J connectivity index is 2.73. The summed E-state index contributed by atoms with van der Waals surface area (Å²) in [6.45, 7) is 12.6. The molecule has 2 aromatic carbocycles. The average molecular weight is 831 g/mol. The Morgan fingerprint density at radius 3 is 1.59 bits per heavy atom. The van der Waals surface area contributed by atoms with Gasteiger partial charge in [-0.3, -0.25) is 29.1 Å². The van der Waals surface area contributed by atoms with Crippen molar-refractivity contribution in [1.29, 1.82) is 0 Å². The van der Waals surface area contributed by atoms with E-state index in [-0.39, 0.29) is 38.8 Å². The zero-order valence-electron chi connectivity index (χ0n) is 36.0. The van der Waals surface area contributed by atoms with Crippen LogP contribution in [-0.4, -0.2) is 70.3 Å². The second kappa shape index (κ2) is 26.5. The molecule has 326 valence electrons. The van der Waals surface area contributed by atoms with Crippen LogP contribution in [0.3, 0.4) is 0 Å². The molecule has 12 nitrogen and oxygen atoms in total. The Morgan fingerprint density at radius 1 is 0.655 bits per heavy atom. The van der Waals surface area contributed by atoms with Crippen molar-refractivity contribution in [2.75, 3.05) is 13.2 Å². The van der Waals surface area contributed by atoms with Crippen LogP contribution in [0.4, 0.5) is 0 Å². The van der Waals surface area contributed by atoms with E-state index in [4.69, 9.17) is 14.2 Å². The second-order valence-corrected chi connectivity index (χ2v) is 17.6. The Hall–Kier alpha value is -3.57. The van der Waals surface area contributed by atoms with Crippen LogP contribution in [0.15, 0.2) is 54.6 Å². The number of hydrogen-bond acceptors (Lipinski definition) is 9. The van der Waals surface area contributed by atoms with Crippen molar-refractivity contribution >= 4 is 31.4 Å². The third kappa shape index (κ3) is 16.6. The highest BCUT2D eigenvalue weighted by Gasteiger charge is 2.64. The highest BCUT2D eigenvalue weighted by atomic mass is 31.2. The summed E-state index contributed by atoms with van der Waals surface area (Å²) in [5, 5.41) is 3.23. The minimum absolute atomic E-state index is 0.0274. The molecule has 0 saturated carbocycles. The minimum Gasteiger partial charge on any atom is -0.466 e. The summed E-state index contributed by atoms with van der Waals surface area (Å²) in [5.74, 6) is -3.90. The van der Waals surface area contributed by atoms with Gasteiger partial charge in [0.05, 0.1) is 19.1 Å². The lowest BCUT2D eigenvalue weighted by Crippen LogP contribution is -2.70. The van der Waals surface area contributed by atoms with Crippen molar-refractivity contribution in [3.05, 3.63) is 60.2 Å². The van der Waals surface area contributed by atoms with Gasteiger partial charge in [-0.05, 0) is 54.7 Å². The molecule has 0 saturated heterocycles. The smallest absolute Gasteiger partial charge is 0.353 e. The maximum atomic E-state index is 14.4. The highest BCUT2D eigenvalue weighted by Crippen LogP contribution is 2.57. The molecule has 1 amide bonds. The molecule has 3 unspecified atom stereocenters. The van der Waals surface area contributed by atoms with Crippen LogP contribution in [0.5, 0.6) is 0 Å². The molecule has 0 spiro atoms. The lowest BCUT2D eigenvalue weighted by atomic mass is 9.87. The minimum atomic E-state index is -5.54. The first-order valence-electron chi connectivity index (χ1n) is 21.4. The Kier molecular flexibility index (Phi) is 23.1. The van der Waals surface area contributed by atoms with Gasteiger partial charge in [-0.15, -0.1) is 0 Å². The third-order valence-electron chi connectivity index (χ3n) is 10.2. The summed E-state index contributed by atoms with van der Waals surface area (Å²) in [5.41, 5.74) is 2.58. The molecule has 0 aliphatic heterocycles. The molecular formula is C45H71N2O10P. The lowest BCUT2D eigenvalue weighted by Gasteiger charge is -2.49. The number of unbranched alkanes of at least 4 members (excludes halogenated alkanes) is 8. The second-order valence-electron chi connectivity index (χ2n) is 15.8. The summed E-state index contributed by atoms with van der Waals surface area (Å²) < 4.78 is 31.7. The average Bonchev–Trinajstić information content (AvgIpc) is 3.17. The fraction of sp³-hybridized carbons (Fsp3) is 0.644. The number of ether oxygens (including phenoxy) is 3. The first-order valence-corrected chi connectivity index (χ1v) is 23.0. The quantitative estimate of drug-likeness (QED) is 0.0267. The van der Waals surface area contributed by atoms with Gasteiger partial charge in [-0.25, -0.2) is 0 Å². The van der Waals surface area contributed by atoms with Gasteiger partial charge in [-0.2, -0.15) is 0 Å². The van der Waals surface area contributed by atoms with E-state index in [0.717, 1.165) is 62.5 Å². The Bertz CT molecular complexity index is 1520. The Labute approximate surface area is 347 Å². The van der Waals surface area contributed by atoms with Crippen molar-refractivity contribution in [2.45, 2.75) is 162 Å². The SMILES string of the molecule is CCCCCCCC(=O)OC(C(C)C)C(NC(Cc1ccc(-c2ccccc2)cc1)C(=O)NCCC(=O)OCC)(C(OC(=O)CCCCCCC)C(C)C)P(=O)(O)O. The number of amides is 1. The monoisotopic (exact) mass is 830 g/mol. The third-order valence-corrected chi connectivity index (χ3v) is 11.8. The van der Waals surface area contributed by atoms with Gasteiger partial charge in [0.15, 0.2) is 5.28 Å². The zero-order chi connectivity index (χ0) is 43.1. The van der Waals surface area contributed by atoms with Gasteiger partial charge < -0.3 is 29.3 Å². The fourth-order valence-electron chi connectivity index (χ4n) is 7.19. The van der Waals surface area contributed by atoms with Gasteiger partial charge in [-0.1, -0.05) is 148 Å². The van der Waals surface area contributed by atoms with Gasteiger partial charge in [0.1, 0.15) is 12.2 Å². The van der Waals surface area contributed by atoms with E-state index in [1.165, 1.54) is 0 Å². The molecule has 0 aliphatic carbocycles. The molecular weight excluding hydrogens is 759 g/mol. The van der Waals surface area contributed by atoms with Crippen LogP contribution < -0.4 is 10.6 Å². The van der Waals surface area contributed by atoms with Gasteiger partial charge in [0, 0.05) is 19.4 Å². The molecule has 4 N–H and O–H groups in total. The summed E-state index contributed by atoms with van der Waals surface area (Å²) >= 11 is 0. The maximum Gasteiger partial charge on any atom is 0.353 e. The van der Waals surface area contributed by atoms with Crippen LogP contribution in [0.2, 0.25) is 0 Å². The molecule has 2 aromatic rings. The largest absolute Gasteiger partial charge is 0.466 e. The topological polar surface area (TPSA) is 178 Å². The fourth-order valence-corrected chi connectivity index (χ4v) is 8.88. The van der Waals surface area contributed by atoms with Crippen molar-refractivity contribution < 1.29 is 47.7 Å². The molecule has 0 fully saturated rings. The van der Waals surface area contributed by atoms with E-state index in [2.05, 4.69) is 24.5 Å². The van der Waals surface area contributed by atoms with E-state index >= 15 is 0 Å². The number of hydrogen-bond donors (Lipinski definition) is 4. The molecule has 2 rings (SSSR count). The summed E-state index contributed by atoms with van der Waals surface area (Å²) in [6.07, 6.45) is 5.40. The summed E-state index contributed by atoms with van der Waals surface area (Å²) in [7, 11) is -5.54. The summed E-state index contributed by atoms with van der Waals surface area (Å²) in [6, 6.07) is 15.8. The zero-order valence-corrected chi connectivity index (χ0v) is 36.9. The lowest BCUT2D eigenvalue weighted by molar-refractivity contribution is -0.169. The molecule has 13 heteroatoms. The van der Waals surface area contributed by atoms with E-state index in [1.54, 1.807) is 34.6 Å². The van der Waals surface area contributed by atoms with Crippen LogP contribution in [0.25, 0.3) is 11.1 Å². The van der Waals surface area contributed by atoms with Gasteiger partial charge >= 0.3 is 25.5 Å². The van der Waals surface area contributed by atoms with Crippen LogP contribution in [0.1, 0.15) is 138 Å². The molecule has 0 aliphatic rings. The summed E-state index contributed by atoms with van der Waals surface area (Å²) in [4.78, 5) is 77.0. The highest BCUT2D eigenvalue weighted by molar-refractivity contribution is 7.53. The van der Waals surface area contributed by atoms with E-state index in [9.17, 15) is 33.5 Å². The van der Waals surface area contributed by atoms with Crippen molar-refractivity contribution in [1.82, 2.24) is 10.6 Å². The molecule has 3 atom stereocenters. The number of nitrogens with one attached hydrogen (secondary N) is 2. The first-order chi connectivity index (χ1) is 27.6. The maximum absolute atomic E-state index is 14.4. The number of carbonyl (C=O) groups excluding carboxylic acids is 4. The van der Waals surface area contributed by atoms with Crippen LogP contribution >= 0.6 is 7.60 Å². The van der Waals surface area contributed by atoms with Crippen LogP contribution in [-0.2, 0) is 44.4 Å². The van der Waals surface area contributed by atoms with Crippen molar-refractivity contribution in [3.8, 4) is 11.1 Å². The Morgan fingerprint density at radius 2 is 1.14 bits per heavy atom. The van der Waals surface area contributed by atoms with Crippen molar-refractivity contribution in [3.63, 3.8) is 0 Å². The number of rotatable bonds is 29.